The second-order valence-corrected chi connectivity index (χ2v) is 4.61. The molecule has 3 heteroatoms. The number of halogens is 1. The number of nitrogen functional groups attached to an aromatic ring is 1. The standard InChI is InChI=1S/C15H17FN2/c1-10(2)11-5-3-6-12(9-11)18-14-8-4-7-13(16)15(14)17/h3-10,18H,17H2,1-2H3. The molecule has 0 saturated carbocycles. The largest absolute Gasteiger partial charge is 0.395 e. The molecule has 0 fully saturated rings. The zero-order valence-electron chi connectivity index (χ0n) is 10.6. The fourth-order valence-electron chi connectivity index (χ4n) is 1.78. The average molecular weight is 244 g/mol. The Hall–Kier alpha value is -2.03. The molecule has 0 unspecified atom stereocenters. The Balaban J connectivity index is 2.28. The molecule has 94 valence electrons. The molecular weight excluding hydrogens is 227 g/mol. The Morgan fingerprint density at radius 1 is 1.11 bits per heavy atom. The van der Waals surface area contributed by atoms with E-state index < -0.39 is 5.82 Å². The molecule has 2 aromatic carbocycles. The minimum Gasteiger partial charge on any atom is -0.395 e. The van der Waals surface area contributed by atoms with Crippen LogP contribution < -0.4 is 11.1 Å². The maximum atomic E-state index is 13.3. The fourth-order valence-corrected chi connectivity index (χ4v) is 1.78. The highest BCUT2D eigenvalue weighted by atomic mass is 19.1. The molecule has 0 bridgehead atoms. The van der Waals surface area contributed by atoms with Crippen molar-refractivity contribution in [2.45, 2.75) is 19.8 Å². The van der Waals surface area contributed by atoms with Gasteiger partial charge in [-0.15, -0.1) is 0 Å². The number of hydrogen-bond donors (Lipinski definition) is 2. The highest BCUT2D eigenvalue weighted by molar-refractivity contribution is 5.73. The zero-order chi connectivity index (χ0) is 13.1. The Morgan fingerprint density at radius 3 is 2.56 bits per heavy atom. The van der Waals surface area contributed by atoms with Crippen LogP contribution in [0.15, 0.2) is 42.5 Å². The van der Waals surface area contributed by atoms with Gasteiger partial charge in [-0.25, -0.2) is 4.39 Å². The summed E-state index contributed by atoms with van der Waals surface area (Å²) in [6.07, 6.45) is 0. The second kappa shape index (κ2) is 5.08. The van der Waals surface area contributed by atoms with Crippen molar-refractivity contribution in [3.05, 3.63) is 53.8 Å². The lowest BCUT2D eigenvalue weighted by Gasteiger charge is -2.12. The smallest absolute Gasteiger partial charge is 0.148 e. The molecule has 3 N–H and O–H groups in total. The van der Waals surface area contributed by atoms with Crippen LogP contribution in [-0.4, -0.2) is 0 Å². The molecule has 0 atom stereocenters. The molecule has 0 heterocycles. The van der Waals surface area contributed by atoms with Gasteiger partial charge in [0.25, 0.3) is 0 Å². The first-order valence-corrected chi connectivity index (χ1v) is 5.99. The molecule has 2 nitrogen and oxygen atoms in total. The van der Waals surface area contributed by atoms with E-state index in [1.54, 1.807) is 12.1 Å². The van der Waals surface area contributed by atoms with Crippen LogP contribution in [0.5, 0.6) is 0 Å². The van der Waals surface area contributed by atoms with Gasteiger partial charge in [0.05, 0.1) is 11.4 Å². The molecular formula is C15H17FN2. The quantitative estimate of drug-likeness (QED) is 0.791. The van der Waals surface area contributed by atoms with Gasteiger partial charge in [-0.3, -0.25) is 0 Å². The monoisotopic (exact) mass is 244 g/mol. The van der Waals surface area contributed by atoms with Gasteiger partial charge in [-0.05, 0) is 35.7 Å². The third-order valence-corrected chi connectivity index (χ3v) is 2.89. The summed E-state index contributed by atoms with van der Waals surface area (Å²) in [4.78, 5) is 0. The minimum atomic E-state index is -0.403. The first-order chi connectivity index (χ1) is 8.58. The van der Waals surface area contributed by atoms with E-state index in [-0.39, 0.29) is 5.69 Å². The van der Waals surface area contributed by atoms with E-state index in [0.717, 1.165) is 5.69 Å². The topological polar surface area (TPSA) is 38.0 Å². The lowest BCUT2D eigenvalue weighted by molar-refractivity contribution is 0.633. The van der Waals surface area contributed by atoms with E-state index in [1.807, 2.05) is 12.1 Å². The van der Waals surface area contributed by atoms with Gasteiger partial charge in [0.2, 0.25) is 0 Å². The van der Waals surface area contributed by atoms with Crippen molar-refractivity contribution < 1.29 is 4.39 Å². The van der Waals surface area contributed by atoms with Crippen molar-refractivity contribution in [3.8, 4) is 0 Å². The van der Waals surface area contributed by atoms with Crippen LogP contribution in [0.4, 0.5) is 21.5 Å². The van der Waals surface area contributed by atoms with Crippen LogP contribution in [0.2, 0.25) is 0 Å². The van der Waals surface area contributed by atoms with Crippen LogP contribution in [0.3, 0.4) is 0 Å². The summed E-state index contributed by atoms with van der Waals surface area (Å²) in [7, 11) is 0. The van der Waals surface area contributed by atoms with Gasteiger partial charge in [-0.1, -0.05) is 32.0 Å². The zero-order valence-corrected chi connectivity index (χ0v) is 10.6. The van der Waals surface area contributed by atoms with Gasteiger partial charge >= 0.3 is 0 Å². The molecule has 18 heavy (non-hydrogen) atoms. The summed E-state index contributed by atoms with van der Waals surface area (Å²) in [6, 6.07) is 12.8. The van der Waals surface area contributed by atoms with E-state index in [0.29, 0.717) is 11.6 Å². The third kappa shape index (κ3) is 2.62. The average Bonchev–Trinajstić information content (AvgIpc) is 2.35. The van der Waals surface area contributed by atoms with E-state index in [1.165, 1.54) is 11.6 Å². The number of anilines is 3. The van der Waals surface area contributed by atoms with Crippen molar-refractivity contribution in [3.63, 3.8) is 0 Å². The minimum absolute atomic E-state index is 0.146. The number of hydrogen-bond acceptors (Lipinski definition) is 2. The fraction of sp³-hybridized carbons (Fsp3) is 0.200. The maximum Gasteiger partial charge on any atom is 0.148 e. The number of rotatable bonds is 3. The highest BCUT2D eigenvalue weighted by Gasteiger charge is 2.05. The van der Waals surface area contributed by atoms with E-state index >= 15 is 0 Å². The molecule has 0 radical (unpaired) electrons. The summed E-state index contributed by atoms with van der Waals surface area (Å²) in [5.74, 6) is 0.0524. The highest BCUT2D eigenvalue weighted by Crippen LogP contribution is 2.26. The second-order valence-electron chi connectivity index (χ2n) is 4.61. The summed E-state index contributed by atoms with van der Waals surface area (Å²) in [5.41, 5.74) is 8.58. The summed E-state index contributed by atoms with van der Waals surface area (Å²) >= 11 is 0. The Kier molecular flexibility index (Phi) is 3.51. The Morgan fingerprint density at radius 2 is 1.83 bits per heavy atom. The first-order valence-electron chi connectivity index (χ1n) is 5.99. The van der Waals surface area contributed by atoms with Crippen molar-refractivity contribution >= 4 is 17.1 Å². The van der Waals surface area contributed by atoms with Gasteiger partial charge in [0.1, 0.15) is 5.82 Å². The SMILES string of the molecule is CC(C)c1cccc(Nc2cccc(F)c2N)c1. The molecule has 0 aliphatic rings. The summed E-state index contributed by atoms with van der Waals surface area (Å²) in [6.45, 7) is 4.27. The predicted octanol–water partition coefficient (Wildman–Crippen LogP) is 4.27. The van der Waals surface area contributed by atoms with Gasteiger partial charge in [-0.2, -0.15) is 0 Å². The number of nitrogens with two attached hydrogens (primary N) is 1. The lowest BCUT2D eigenvalue weighted by Crippen LogP contribution is -1.99. The van der Waals surface area contributed by atoms with E-state index in [4.69, 9.17) is 5.73 Å². The molecule has 0 aliphatic carbocycles. The van der Waals surface area contributed by atoms with E-state index in [2.05, 4.69) is 31.3 Å². The molecule has 0 aliphatic heterocycles. The summed E-state index contributed by atoms with van der Waals surface area (Å²) in [5, 5.41) is 3.14. The molecule has 0 aromatic heterocycles. The molecule has 0 spiro atoms. The number of nitrogens with one attached hydrogen (secondary N) is 1. The van der Waals surface area contributed by atoms with Crippen molar-refractivity contribution in [2.75, 3.05) is 11.1 Å². The van der Waals surface area contributed by atoms with Crippen LogP contribution >= 0.6 is 0 Å². The third-order valence-electron chi connectivity index (χ3n) is 2.89. The van der Waals surface area contributed by atoms with Crippen LogP contribution in [0.25, 0.3) is 0 Å². The first kappa shape index (κ1) is 12.4. The van der Waals surface area contributed by atoms with Crippen LogP contribution in [-0.2, 0) is 0 Å². The van der Waals surface area contributed by atoms with Crippen molar-refractivity contribution in [1.29, 1.82) is 0 Å². The molecule has 0 amide bonds. The predicted molar refractivity (Wildman–Crippen MR) is 74.6 cm³/mol. The molecule has 2 rings (SSSR count). The van der Waals surface area contributed by atoms with Crippen molar-refractivity contribution in [2.24, 2.45) is 0 Å². The Labute approximate surface area is 107 Å². The maximum absolute atomic E-state index is 13.3. The number of benzene rings is 2. The van der Waals surface area contributed by atoms with Gasteiger partial charge in [0.15, 0.2) is 0 Å². The molecule has 2 aromatic rings. The van der Waals surface area contributed by atoms with Crippen LogP contribution in [0.1, 0.15) is 25.3 Å². The lowest BCUT2D eigenvalue weighted by atomic mass is 10.0. The van der Waals surface area contributed by atoms with Crippen molar-refractivity contribution in [1.82, 2.24) is 0 Å². The number of para-hydroxylation sites is 1. The Bertz CT molecular complexity index is 550. The molecule has 0 saturated heterocycles. The van der Waals surface area contributed by atoms with Gasteiger partial charge < -0.3 is 11.1 Å². The normalized spacial score (nSPS) is 10.7. The van der Waals surface area contributed by atoms with E-state index in [9.17, 15) is 4.39 Å². The summed E-state index contributed by atoms with van der Waals surface area (Å²) < 4.78 is 13.3. The van der Waals surface area contributed by atoms with Crippen LogP contribution in [0, 0.1) is 5.82 Å². The van der Waals surface area contributed by atoms with Gasteiger partial charge in [0, 0.05) is 5.69 Å².